The van der Waals surface area contributed by atoms with Crippen LogP contribution >= 0.6 is 0 Å². The molecule has 0 radical (unpaired) electrons. The molecule has 2 aliphatic heterocycles. The molecule has 9 nitrogen and oxygen atoms in total. The molecule has 2 aliphatic rings. The molecule has 2 amide bonds. The number of aliphatic imine (C=N–C) groups is 1. The van der Waals surface area contributed by atoms with E-state index in [1.165, 1.54) is 12.1 Å². The average Bonchev–Trinajstić information content (AvgIpc) is 2.99. The van der Waals surface area contributed by atoms with Crippen molar-refractivity contribution < 1.29 is 18.0 Å². The second-order valence-electron chi connectivity index (χ2n) is 8.26. The molecule has 10 heteroatoms. The zero-order chi connectivity index (χ0) is 23.3. The molecule has 2 N–H and O–H groups in total. The van der Waals surface area contributed by atoms with E-state index < -0.39 is 15.9 Å². The van der Waals surface area contributed by atoms with E-state index in [1.54, 1.807) is 29.3 Å². The van der Waals surface area contributed by atoms with Crippen LogP contribution in [0.15, 0.2) is 58.5 Å². The lowest BCUT2D eigenvalue weighted by molar-refractivity contribution is -0.128. The van der Waals surface area contributed by atoms with Gasteiger partial charge in [-0.2, -0.15) is 0 Å². The van der Waals surface area contributed by atoms with Crippen molar-refractivity contribution in [3.63, 3.8) is 0 Å². The number of nitrogens with one attached hydrogen (secondary N) is 2. The van der Waals surface area contributed by atoms with Crippen LogP contribution in [0.4, 0.5) is 5.69 Å². The first-order chi connectivity index (χ1) is 15.9. The van der Waals surface area contributed by atoms with Gasteiger partial charge in [-0.1, -0.05) is 18.6 Å². The van der Waals surface area contributed by atoms with Gasteiger partial charge in [0.25, 0.3) is 10.0 Å². The van der Waals surface area contributed by atoms with E-state index in [4.69, 9.17) is 0 Å². The standard InChI is InChI=1S/C23H27N5O4S/c29-22-13-17(15-28(22)16-19-7-3-5-11-24-19)23(30)26-18-8-6-9-20(14-18)33(31,32)27-21-10-2-1-4-12-25-21/h3,5-9,11,14,17H,1-2,4,10,12-13,15-16H2,(H,25,27)(H,26,30). The first-order valence-corrected chi connectivity index (χ1v) is 12.5. The van der Waals surface area contributed by atoms with Crippen molar-refractivity contribution in [2.45, 2.75) is 43.5 Å². The predicted molar refractivity (Wildman–Crippen MR) is 124 cm³/mol. The minimum atomic E-state index is -3.81. The Morgan fingerprint density at radius 1 is 1.12 bits per heavy atom. The van der Waals surface area contributed by atoms with Crippen molar-refractivity contribution in [2.24, 2.45) is 10.9 Å². The average molecular weight is 470 g/mol. The topological polar surface area (TPSA) is 121 Å². The van der Waals surface area contributed by atoms with E-state index in [0.29, 0.717) is 37.6 Å². The van der Waals surface area contributed by atoms with Crippen molar-refractivity contribution >= 4 is 33.4 Å². The van der Waals surface area contributed by atoms with Crippen LogP contribution in [0, 0.1) is 5.92 Å². The molecule has 3 heterocycles. The summed E-state index contributed by atoms with van der Waals surface area (Å²) in [4.78, 5) is 35.4. The van der Waals surface area contributed by atoms with Gasteiger partial charge in [0, 0.05) is 37.8 Å². The normalized spacial score (nSPS) is 19.0. The number of amides is 2. The molecule has 0 spiro atoms. The Kier molecular flexibility index (Phi) is 7.02. The van der Waals surface area contributed by atoms with Crippen LogP contribution in [0.3, 0.4) is 0 Å². The van der Waals surface area contributed by atoms with Gasteiger partial charge in [0.1, 0.15) is 5.84 Å². The van der Waals surface area contributed by atoms with Gasteiger partial charge in [0.15, 0.2) is 0 Å². The SMILES string of the molecule is O=C(Nc1cccc(S(=O)(=O)NC2=NCCCCC2)c1)C1CC(=O)N(Cc2ccccn2)C1. The van der Waals surface area contributed by atoms with E-state index in [0.717, 1.165) is 25.0 Å². The van der Waals surface area contributed by atoms with Gasteiger partial charge in [0.2, 0.25) is 11.8 Å². The Balaban J connectivity index is 1.39. The fourth-order valence-corrected chi connectivity index (χ4v) is 5.08. The fraction of sp³-hybridized carbons (Fsp3) is 0.391. The smallest absolute Gasteiger partial charge is 0.262 e. The highest BCUT2D eigenvalue weighted by atomic mass is 32.2. The second kappa shape index (κ2) is 10.1. The zero-order valence-corrected chi connectivity index (χ0v) is 19.1. The van der Waals surface area contributed by atoms with Crippen LogP contribution in [0.2, 0.25) is 0 Å². The van der Waals surface area contributed by atoms with Crippen LogP contribution in [0.5, 0.6) is 0 Å². The number of hydrogen-bond donors (Lipinski definition) is 2. The molecule has 33 heavy (non-hydrogen) atoms. The lowest BCUT2D eigenvalue weighted by atomic mass is 10.1. The van der Waals surface area contributed by atoms with Crippen LogP contribution in [-0.2, 0) is 26.2 Å². The monoisotopic (exact) mass is 469 g/mol. The highest BCUT2D eigenvalue weighted by Gasteiger charge is 2.34. The fourth-order valence-electron chi connectivity index (χ4n) is 3.94. The summed E-state index contributed by atoms with van der Waals surface area (Å²) in [5, 5.41) is 2.76. The Labute approximate surface area is 193 Å². The number of rotatable bonds is 6. The first kappa shape index (κ1) is 22.9. The summed E-state index contributed by atoms with van der Waals surface area (Å²) in [6.07, 6.45) is 5.25. The lowest BCUT2D eigenvalue weighted by Gasteiger charge is -2.16. The number of carbonyl (C=O) groups excluding carboxylic acids is 2. The summed E-state index contributed by atoms with van der Waals surface area (Å²) >= 11 is 0. The highest BCUT2D eigenvalue weighted by Crippen LogP contribution is 2.23. The number of nitrogens with zero attached hydrogens (tertiary/aromatic N) is 3. The van der Waals surface area contributed by atoms with Gasteiger partial charge in [0.05, 0.1) is 23.1 Å². The van der Waals surface area contributed by atoms with Crippen LogP contribution in [0.25, 0.3) is 0 Å². The number of benzene rings is 1. The van der Waals surface area contributed by atoms with Gasteiger partial charge < -0.3 is 10.2 Å². The Hall–Kier alpha value is -3.27. The van der Waals surface area contributed by atoms with E-state index in [9.17, 15) is 18.0 Å². The molecular weight excluding hydrogens is 442 g/mol. The molecule has 0 aliphatic carbocycles. The van der Waals surface area contributed by atoms with E-state index in [2.05, 4.69) is 20.0 Å². The molecule has 2 aromatic rings. The molecule has 1 saturated heterocycles. The van der Waals surface area contributed by atoms with E-state index in [1.807, 2.05) is 12.1 Å². The van der Waals surface area contributed by atoms with Gasteiger partial charge >= 0.3 is 0 Å². The van der Waals surface area contributed by atoms with E-state index in [-0.39, 0.29) is 23.1 Å². The molecule has 0 bridgehead atoms. The van der Waals surface area contributed by atoms with Crippen molar-refractivity contribution in [2.75, 3.05) is 18.4 Å². The molecule has 1 aromatic heterocycles. The quantitative estimate of drug-likeness (QED) is 0.673. The Morgan fingerprint density at radius 3 is 2.82 bits per heavy atom. The van der Waals surface area contributed by atoms with Crippen molar-refractivity contribution in [1.29, 1.82) is 0 Å². The Morgan fingerprint density at radius 2 is 2.00 bits per heavy atom. The lowest BCUT2D eigenvalue weighted by Crippen LogP contribution is -2.31. The third-order valence-corrected chi connectivity index (χ3v) is 7.08. The summed E-state index contributed by atoms with van der Waals surface area (Å²) in [7, 11) is -3.81. The highest BCUT2D eigenvalue weighted by molar-refractivity contribution is 7.90. The van der Waals surface area contributed by atoms with Crippen LogP contribution in [0.1, 0.15) is 37.8 Å². The maximum atomic E-state index is 12.8. The molecule has 1 atom stereocenters. The summed E-state index contributed by atoms with van der Waals surface area (Å²) in [5.41, 5.74) is 1.12. The number of sulfonamides is 1. The van der Waals surface area contributed by atoms with Crippen LogP contribution in [-0.4, -0.2) is 49.0 Å². The van der Waals surface area contributed by atoms with Crippen molar-refractivity contribution in [1.82, 2.24) is 14.6 Å². The summed E-state index contributed by atoms with van der Waals surface area (Å²) < 4.78 is 28.2. The molecule has 0 saturated carbocycles. The number of aromatic nitrogens is 1. The minimum Gasteiger partial charge on any atom is -0.336 e. The van der Waals surface area contributed by atoms with Gasteiger partial charge in [-0.25, -0.2) is 8.42 Å². The second-order valence-corrected chi connectivity index (χ2v) is 9.94. The summed E-state index contributed by atoms with van der Waals surface area (Å²) in [5.74, 6) is -0.465. The maximum Gasteiger partial charge on any atom is 0.262 e. The number of carbonyl (C=O) groups is 2. The Bertz CT molecular complexity index is 1150. The van der Waals surface area contributed by atoms with Crippen molar-refractivity contribution in [3.05, 3.63) is 54.4 Å². The predicted octanol–water partition coefficient (Wildman–Crippen LogP) is 2.32. The van der Waals surface area contributed by atoms with Crippen molar-refractivity contribution in [3.8, 4) is 0 Å². The third-order valence-electron chi connectivity index (χ3n) is 5.70. The summed E-state index contributed by atoms with van der Waals surface area (Å²) in [6, 6.07) is 11.6. The molecule has 4 rings (SSSR count). The maximum absolute atomic E-state index is 12.8. The molecule has 1 unspecified atom stereocenters. The molecular formula is C23H27N5O4S. The number of anilines is 1. The number of pyridine rings is 1. The molecule has 1 aromatic carbocycles. The molecule has 1 fully saturated rings. The van der Waals surface area contributed by atoms with Crippen LogP contribution < -0.4 is 10.0 Å². The van der Waals surface area contributed by atoms with Gasteiger partial charge in [-0.3, -0.25) is 24.3 Å². The van der Waals surface area contributed by atoms with Gasteiger partial charge in [-0.05, 0) is 43.2 Å². The molecule has 174 valence electrons. The summed E-state index contributed by atoms with van der Waals surface area (Å²) in [6.45, 7) is 1.26. The largest absolute Gasteiger partial charge is 0.336 e. The minimum absolute atomic E-state index is 0.0477. The first-order valence-electron chi connectivity index (χ1n) is 11.1. The third kappa shape index (κ3) is 5.95. The zero-order valence-electron chi connectivity index (χ0n) is 18.2. The number of amidine groups is 1. The number of hydrogen-bond acceptors (Lipinski definition) is 6. The van der Waals surface area contributed by atoms with E-state index >= 15 is 0 Å². The van der Waals surface area contributed by atoms with Gasteiger partial charge in [-0.15, -0.1) is 0 Å². The number of likely N-dealkylation sites (tertiary alicyclic amines) is 1.